The molecule has 1 fully saturated rings. The van der Waals surface area contributed by atoms with E-state index in [-0.39, 0.29) is 5.91 Å². The molecule has 7 heteroatoms. The smallest absolute Gasteiger partial charge is 0.326 e. The number of carbonyl (C=O) groups is 2. The van der Waals surface area contributed by atoms with Crippen molar-refractivity contribution in [2.24, 2.45) is 0 Å². The van der Waals surface area contributed by atoms with Crippen LogP contribution in [0.5, 0.6) is 0 Å². The predicted octanol–water partition coefficient (Wildman–Crippen LogP) is 1.30. The average Bonchev–Trinajstić information content (AvgIpc) is 2.93. The zero-order chi connectivity index (χ0) is 14.1. The fourth-order valence-corrected chi connectivity index (χ4v) is 2.51. The van der Waals surface area contributed by atoms with Gasteiger partial charge in [-0.05, 0) is 47.8 Å². The first-order chi connectivity index (χ1) is 9.66. The molecule has 0 radical (unpaired) electrons. The van der Waals surface area contributed by atoms with Crippen molar-refractivity contribution in [3.05, 3.63) is 23.8 Å². The minimum atomic E-state index is -0.956. The van der Waals surface area contributed by atoms with Gasteiger partial charge in [-0.25, -0.2) is 9.42 Å². The van der Waals surface area contributed by atoms with Crippen LogP contribution in [-0.2, 0) is 4.79 Å². The van der Waals surface area contributed by atoms with Crippen molar-refractivity contribution in [1.82, 2.24) is 15.2 Å². The van der Waals surface area contributed by atoms with E-state index in [1.807, 2.05) is 0 Å². The van der Waals surface area contributed by atoms with Crippen LogP contribution in [0.15, 0.2) is 22.8 Å². The number of carbonyl (C=O) groups excluding carboxylic acids is 1. The van der Waals surface area contributed by atoms with Crippen molar-refractivity contribution in [2.45, 2.75) is 25.3 Å². The molecule has 1 N–H and O–H groups in total. The molecule has 1 unspecified atom stereocenters. The highest BCUT2D eigenvalue weighted by Crippen LogP contribution is 2.21. The summed E-state index contributed by atoms with van der Waals surface area (Å²) in [6.07, 6.45) is 2.14. The van der Waals surface area contributed by atoms with Gasteiger partial charge in [0.15, 0.2) is 0 Å². The Kier molecular flexibility index (Phi) is 3.09. The number of rotatable bonds is 2. The first-order valence-corrected chi connectivity index (χ1v) is 6.43. The number of piperidine rings is 1. The summed E-state index contributed by atoms with van der Waals surface area (Å²) in [5, 5.41) is 16.6. The lowest BCUT2D eigenvalue weighted by Gasteiger charge is -2.32. The molecular weight excluding hydrogens is 262 g/mol. The fourth-order valence-electron chi connectivity index (χ4n) is 2.51. The van der Waals surface area contributed by atoms with E-state index in [1.165, 1.54) is 4.90 Å². The van der Waals surface area contributed by atoms with Gasteiger partial charge < -0.3 is 10.0 Å². The summed E-state index contributed by atoms with van der Waals surface area (Å²) in [5.74, 6) is -1.25. The number of nitrogens with zero attached hydrogens (tertiary/aromatic N) is 3. The van der Waals surface area contributed by atoms with Crippen molar-refractivity contribution in [2.75, 3.05) is 6.54 Å². The van der Waals surface area contributed by atoms with Crippen LogP contribution in [0.1, 0.15) is 29.6 Å². The van der Waals surface area contributed by atoms with Crippen LogP contribution < -0.4 is 0 Å². The molecule has 1 amide bonds. The second-order valence-electron chi connectivity index (χ2n) is 4.82. The SMILES string of the molecule is O=C(O)C1CCCCN1C(=O)c1ccc2nonc2c1. The van der Waals surface area contributed by atoms with E-state index in [1.54, 1.807) is 18.2 Å². The van der Waals surface area contributed by atoms with E-state index in [2.05, 4.69) is 14.9 Å². The van der Waals surface area contributed by atoms with Gasteiger partial charge in [0.05, 0.1) is 0 Å². The standard InChI is InChI=1S/C13H13N3O4/c17-12(16-6-2-1-3-11(16)13(18)19)8-4-5-9-10(7-8)15-20-14-9/h4-5,7,11H,1-3,6H2,(H,18,19). The van der Waals surface area contributed by atoms with Crippen LogP contribution in [-0.4, -0.2) is 44.8 Å². The van der Waals surface area contributed by atoms with Crippen molar-refractivity contribution in [1.29, 1.82) is 0 Å². The first kappa shape index (κ1) is 12.6. The van der Waals surface area contributed by atoms with Gasteiger partial charge in [-0.3, -0.25) is 4.79 Å². The third-order valence-electron chi connectivity index (χ3n) is 3.55. The van der Waals surface area contributed by atoms with E-state index in [4.69, 9.17) is 0 Å². The highest BCUT2D eigenvalue weighted by atomic mass is 16.6. The number of fused-ring (bicyclic) bond motifs is 1. The number of aromatic nitrogens is 2. The minimum Gasteiger partial charge on any atom is -0.480 e. The Morgan fingerprint density at radius 1 is 1.25 bits per heavy atom. The maximum atomic E-state index is 12.5. The second-order valence-corrected chi connectivity index (χ2v) is 4.82. The zero-order valence-corrected chi connectivity index (χ0v) is 10.7. The Hall–Kier alpha value is -2.44. The lowest BCUT2D eigenvalue weighted by molar-refractivity contribution is -0.143. The molecule has 1 aliphatic heterocycles. The highest BCUT2D eigenvalue weighted by molar-refractivity contribution is 5.99. The second kappa shape index (κ2) is 4.92. The summed E-state index contributed by atoms with van der Waals surface area (Å²) in [6, 6.07) is 4.07. The van der Waals surface area contributed by atoms with E-state index in [0.717, 1.165) is 12.8 Å². The summed E-state index contributed by atoms with van der Waals surface area (Å²) in [6.45, 7) is 0.463. The van der Waals surface area contributed by atoms with Crippen LogP contribution in [0.25, 0.3) is 11.0 Å². The molecule has 20 heavy (non-hydrogen) atoms. The van der Waals surface area contributed by atoms with Gasteiger partial charge in [-0.15, -0.1) is 0 Å². The molecule has 2 heterocycles. The normalized spacial score (nSPS) is 19.2. The van der Waals surface area contributed by atoms with Gasteiger partial charge in [-0.2, -0.15) is 0 Å². The molecule has 1 atom stereocenters. The molecule has 0 bridgehead atoms. The first-order valence-electron chi connectivity index (χ1n) is 6.43. The Labute approximate surface area is 114 Å². The zero-order valence-electron chi connectivity index (χ0n) is 10.7. The average molecular weight is 275 g/mol. The monoisotopic (exact) mass is 275 g/mol. The molecule has 0 spiro atoms. The predicted molar refractivity (Wildman–Crippen MR) is 68.1 cm³/mol. The fraction of sp³-hybridized carbons (Fsp3) is 0.385. The molecular formula is C13H13N3O4. The molecule has 0 aliphatic carbocycles. The third-order valence-corrected chi connectivity index (χ3v) is 3.55. The topological polar surface area (TPSA) is 96.5 Å². The number of likely N-dealkylation sites (tertiary alicyclic amines) is 1. The van der Waals surface area contributed by atoms with Gasteiger partial charge >= 0.3 is 5.97 Å². The van der Waals surface area contributed by atoms with Crippen LogP contribution in [0.4, 0.5) is 0 Å². The summed E-state index contributed by atoms with van der Waals surface area (Å²) in [5.41, 5.74) is 1.45. The van der Waals surface area contributed by atoms with E-state index >= 15 is 0 Å². The Morgan fingerprint density at radius 3 is 2.85 bits per heavy atom. The van der Waals surface area contributed by atoms with Crippen LogP contribution in [0, 0.1) is 0 Å². The molecule has 1 aromatic carbocycles. The maximum Gasteiger partial charge on any atom is 0.326 e. The number of hydrogen-bond donors (Lipinski definition) is 1. The van der Waals surface area contributed by atoms with Gasteiger partial charge in [-0.1, -0.05) is 0 Å². The number of amides is 1. The van der Waals surface area contributed by atoms with Gasteiger partial charge in [0.1, 0.15) is 17.1 Å². The van der Waals surface area contributed by atoms with Crippen LogP contribution >= 0.6 is 0 Å². The van der Waals surface area contributed by atoms with E-state index < -0.39 is 12.0 Å². The summed E-state index contributed by atoms with van der Waals surface area (Å²) in [4.78, 5) is 25.1. The Morgan fingerprint density at radius 2 is 2.05 bits per heavy atom. The van der Waals surface area contributed by atoms with Crippen molar-refractivity contribution >= 4 is 22.9 Å². The van der Waals surface area contributed by atoms with Crippen molar-refractivity contribution in [3.63, 3.8) is 0 Å². The molecule has 1 aliphatic rings. The Balaban J connectivity index is 1.91. The van der Waals surface area contributed by atoms with Gasteiger partial charge in [0, 0.05) is 12.1 Å². The maximum absolute atomic E-state index is 12.5. The number of carboxylic acids is 1. The molecule has 3 rings (SSSR count). The molecule has 104 valence electrons. The van der Waals surface area contributed by atoms with Gasteiger partial charge in [0.2, 0.25) is 0 Å². The third kappa shape index (κ3) is 2.11. The lowest BCUT2D eigenvalue weighted by Crippen LogP contribution is -2.47. The summed E-state index contributed by atoms with van der Waals surface area (Å²) >= 11 is 0. The van der Waals surface area contributed by atoms with Crippen molar-refractivity contribution < 1.29 is 19.3 Å². The van der Waals surface area contributed by atoms with Crippen molar-refractivity contribution in [3.8, 4) is 0 Å². The number of hydrogen-bond acceptors (Lipinski definition) is 5. The quantitative estimate of drug-likeness (QED) is 0.887. The largest absolute Gasteiger partial charge is 0.480 e. The summed E-state index contributed by atoms with van der Waals surface area (Å²) < 4.78 is 4.59. The van der Waals surface area contributed by atoms with E-state index in [0.29, 0.717) is 29.6 Å². The number of aliphatic carboxylic acids is 1. The van der Waals surface area contributed by atoms with Crippen LogP contribution in [0.2, 0.25) is 0 Å². The minimum absolute atomic E-state index is 0.290. The highest BCUT2D eigenvalue weighted by Gasteiger charge is 2.32. The number of benzene rings is 1. The van der Waals surface area contributed by atoms with Gasteiger partial charge in [0.25, 0.3) is 5.91 Å². The molecule has 0 saturated carbocycles. The molecule has 2 aromatic rings. The molecule has 1 saturated heterocycles. The Bertz CT molecular complexity index is 666. The van der Waals surface area contributed by atoms with E-state index in [9.17, 15) is 14.7 Å². The summed E-state index contributed by atoms with van der Waals surface area (Å²) in [7, 11) is 0. The number of carboxylic acid groups (broad SMARTS) is 1. The molecule has 7 nitrogen and oxygen atoms in total. The molecule has 1 aromatic heterocycles. The van der Waals surface area contributed by atoms with Crippen LogP contribution in [0.3, 0.4) is 0 Å². The lowest BCUT2D eigenvalue weighted by atomic mass is 10.0.